The normalized spacial score (nSPS) is 20.4. The number of rotatable bonds is 7. The molecule has 0 aromatic rings. The van der Waals surface area contributed by atoms with Crippen LogP contribution in [0.4, 0.5) is 0 Å². The van der Waals surface area contributed by atoms with Crippen LogP contribution in [-0.2, 0) is 0 Å². The highest BCUT2D eigenvalue weighted by atomic mass is 32.2. The molecule has 3 nitrogen and oxygen atoms in total. The summed E-state index contributed by atoms with van der Waals surface area (Å²) in [6, 6.07) is 0.538. The van der Waals surface area contributed by atoms with Gasteiger partial charge < -0.3 is 15.3 Å². The molecule has 0 aromatic carbocycles. The van der Waals surface area contributed by atoms with Crippen molar-refractivity contribution in [2.75, 3.05) is 44.3 Å². The highest BCUT2D eigenvalue weighted by molar-refractivity contribution is 7.99. The highest BCUT2D eigenvalue weighted by Crippen LogP contribution is 2.08. The molecule has 15 heavy (non-hydrogen) atoms. The van der Waals surface area contributed by atoms with Gasteiger partial charge in [-0.15, -0.1) is 0 Å². The van der Waals surface area contributed by atoms with Gasteiger partial charge in [0.05, 0.1) is 0 Å². The minimum absolute atomic E-state index is 0.315. The minimum Gasteiger partial charge on any atom is -0.396 e. The lowest BCUT2D eigenvalue weighted by atomic mass is 10.2. The number of nitrogens with one attached hydrogen (secondary N) is 1. The molecule has 0 saturated carbocycles. The predicted molar refractivity (Wildman–Crippen MR) is 67.5 cm³/mol. The first-order chi connectivity index (χ1) is 7.33. The Morgan fingerprint density at radius 1 is 1.40 bits per heavy atom. The average Bonchev–Trinajstić information content (AvgIpc) is 2.28. The molecule has 1 unspecified atom stereocenters. The van der Waals surface area contributed by atoms with Crippen molar-refractivity contribution >= 4 is 11.8 Å². The zero-order chi connectivity index (χ0) is 10.9. The molecule has 0 radical (unpaired) electrons. The Morgan fingerprint density at radius 2 is 2.13 bits per heavy atom. The van der Waals surface area contributed by atoms with Crippen LogP contribution in [0.1, 0.15) is 19.8 Å². The maximum Gasteiger partial charge on any atom is 0.0431 e. The molecule has 1 atom stereocenters. The van der Waals surface area contributed by atoms with Crippen molar-refractivity contribution in [3.8, 4) is 0 Å². The van der Waals surface area contributed by atoms with Crippen molar-refractivity contribution in [2.45, 2.75) is 25.8 Å². The molecule has 1 heterocycles. The second kappa shape index (κ2) is 8.39. The molecule has 0 bridgehead atoms. The molecule has 0 aliphatic carbocycles. The van der Waals surface area contributed by atoms with Crippen LogP contribution in [0.5, 0.6) is 0 Å². The van der Waals surface area contributed by atoms with E-state index < -0.39 is 0 Å². The van der Waals surface area contributed by atoms with Crippen LogP contribution in [0.15, 0.2) is 0 Å². The Labute approximate surface area is 97.6 Å². The predicted octanol–water partition coefficient (Wildman–Crippen LogP) is 0.786. The lowest BCUT2D eigenvalue weighted by Gasteiger charge is -2.26. The van der Waals surface area contributed by atoms with Gasteiger partial charge in [-0.25, -0.2) is 0 Å². The van der Waals surface area contributed by atoms with Crippen molar-refractivity contribution < 1.29 is 5.11 Å². The van der Waals surface area contributed by atoms with Gasteiger partial charge in [-0.3, -0.25) is 0 Å². The van der Waals surface area contributed by atoms with Crippen LogP contribution in [-0.4, -0.2) is 60.3 Å². The summed E-state index contributed by atoms with van der Waals surface area (Å²) >= 11 is 2.06. The SMILES string of the molecule is CC(CCCO)NCCN1CCSCC1. The van der Waals surface area contributed by atoms with Crippen LogP contribution >= 0.6 is 11.8 Å². The summed E-state index contributed by atoms with van der Waals surface area (Å²) in [4.78, 5) is 2.53. The Bertz CT molecular complexity index is 152. The standard InChI is InChI=1S/C11H24N2OS/c1-11(3-2-8-14)12-4-5-13-6-9-15-10-7-13/h11-12,14H,2-10H2,1H3. The molecule has 0 aromatic heterocycles. The van der Waals surface area contributed by atoms with Crippen LogP contribution in [0.25, 0.3) is 0 Å². The highest BCUT2D eigenvalue weighted by Gasteiger charge is 2.09. The summed E-state index contributed by atoms with van der Waals surface area (Å²) in [7, 11) is 0. The second-order valence-electron chi connectivity index (χ2n) is 4.18. The zero-order valence-electron chi connectivity index (χ0n) is 9.74. The molecule has 0 spiro atoms. The van der Waals surface area contributed by atoms with E-state index in [0.717, 1.165) is 19.4 Å². The van der Waals surface area contributed by atoms with E-state index in [0.29, 0.717) is 12.6 Å². The smallest absolute Gasteiger partial charge is 0.0431 e. The molecular formula is C11H24N2OS. The number of thioether (sulfide) groups is 1. The maximum absolute atomic E-state index is 8.71. The minimum atomic E-state index is 0.315. The molecule has 0 amide bonds. The molecule has 2 N–H and O–H groups in total. The number of aliphatic hydroxyl groups is 1. The molecule has 1 aliphatic heterocycles. The van der Waals surface area contributed by atoms with E-state index in [4.69, 9.17) is 5.11 Å². The molecule has 1 aliphatic rings. The van der Waals surface area contributed by atoms with Crippen LogP contribution < -0.4 is 5.32 Å². The molecule has 1 fully saturated rings. The Kier molecular flexibility index (Phi) is 7.44. The summed E-state index contributed by atoms with van der Waals surface area (Å²) in [5.74, 6) is 2.58. The van der Waals surface area contributed by atoms with Gasteiger partial charge in [-0.05, 0) is 19.8 Å². The van der Waals surface area contributed by atoms with E-state index in [1.54, 1.807) is 0 Å². The van der Waals surface area contributed by atoms with Gasteiger partial charge in [0.2, 0.25) is 0 Å². The van der Waals surface area contributed by atoms with E-state index in [1.165, 1.54) is 31.1 Å². The Morgan fingerprint density at radius 3 is 2.80 bits per heavy atom. The van der Waals surface area contributed by atoms with Gasteiger partial charge in [-0.2, -0.15) is 11.8 Å². The van der Waals surface area contributed by atoms with Crippen molar-refractivity contribution in [2.24, 2.45) is 0 Å². The van der Waals surface area contributed by atoms with Gasteiger partial charge in [0, 0.05) is 50.3 Å². The van der Waals surface area contributed by atoms with Gasteiger partial charge in [0.1, 0.15) is 0 Å². The fraction of sp³-hybridized carbons (Fsp3) is 1.00. The van der Waals surface area contributed by atoms with Crippen LogP contribution in [0.2, 0.25) is 0 Å². The van der Waals surface area contributed by atoms with Crippen molar-refractivity contribution in [1.82, 2.24) is 10.2 Å². The van der Waals surface area contributed by atoms with Crippen molar-refractivity contribution in [3.63, 3.8) is 0 Å². The molecular weight excluding hydrogens is 208 g/mol. The van der Waals surface area contributed by atoms with Gasteiger partial charge in [0.25, 0.3) is 0 Å². The third-order valence-electron chi connectivity index (χ3n) is 2.82. The number of hydrogen-bond donors (Lipinski definition) is 2. The summed E-state index contributed by atoms with van der Waals surface area (Å²) in [5, 5.41) is 12.2. The third kappa shape index (κ3) is 6.40. The monoisotopic (exact) mass is 232 g/mol. The van der Waals surface area contributed by atoms with Crippen molar-refractivity contribution in [3.05, 3.63) is 0 Å². The first-order valence-electron chi connectivity index (χ1n) is 5.97. The lowest BCUT2D eigenvalue weighted by molar-refractivity contribution is 0.270. The topological polar surface area (TPSA) is 35.5 Å². The summed E-state index contributed by atoms with van der Waals surface area (Å²) in [6.45, 7) is 7.26. The first kappa shape index (κ1) is 13.3. The lowest BCUT2D eigenvalue weighted by Crippen LogP contribution is -2.39. The number of hydrogen-bond acceptors (Lipinski definition) is 4. The zero-order valence-corrected chi connectivity index (χ0v) is 10.6. The molecule has 90 valence electrons. The molecule has 1 saturated heterocycles. The molecule has 4 heteroatoms. The van der Waals surface area contributed by atoms with E-state index in [1.807, 2.05) is 0 Å². The second-order valence-corrected chi connectivity index (χ2v) is 5.40. The molecule has 1 rings (SSSR count). The maximum atomic E-state index is 8.71. The summed E-state index contributed by atoms with van der Waals surface area (Å²) < 4.78 is 0. The number of aliphatic hydroxyl groups excluding tert-OH is 1. The average molecular weight is 232 g/mol. The summed E-state index contributed by atoms with van der Waals surface area (Å²) in [6.07, 6.45) is 1.99. The Balaban J connectivity index is 1.94. The van der Waals surface area contributed by atoms with Gasteiger partial charge in [-0.1, -0.05) is 0 Å². The number of nitrogens with zero attached hydrogens (tertiary/aromatic N) is 1. The van der Waals surface area contributed by atoms with Gasteiger partial charge >= 0.3 is 0 Å². The van der Waals surface area contributed by atoms with E-state index >= 15 is 0 Å². The fourth-order valence-corrected chi connectivity index (χ4v) is 2.77. The summed E-state index contributed by atoms with van der Waals surface area (Å²) in [5.41, 5.74) is 0. The van der Waals surface area contributed by atoms with Crippen LogP contribution in [0.3, 0.4) is 0 Å². The van der Waals surface area contributed by atoms with E-state index in [2.05, 4.69) is 28.9 Å². The van der Waals surface area contributed by atoms with E-state index in [9.17, 15) is 0 Å². The first-order valence-corrected chi connectivity index (χ1v) is 7.12. The quantitative estimate of drug-likeness (QED) is 0.680. The van der Waals surface area contributed by atoms with E-state index in [-0.39, 0.29) is 0 Å². The van der Waals surface area contributed by atoms with Crippen molar-refractivity contribution in [1.29, 1.82) is 0 Å². The van der Waals surface area contributed by atoms with Crippen LogP contribution in [0, 0.1) is 0 Å². The Hall–Kier alpha value is 0.230. The third-order valence-corrected chi connectivity index (χ3v) is 3.76. The largest absolute Gasteiger partial charge is 0.396 e. The fourth-order valence-electron chi connectivity index (χ4n) is 1.79. The van der Waals surface area contributed by atoms with Gasteiger partial charge in [0.15, 0.2) is 0 Å².